The molecule has 2 aliphatic rings. The monoisotopic (exact) mass is 457 g/mol. The van der Waals surface area contributed by atoms with Gasteiger partial charge >= 0.3 is 0 Å². The zero-order valence-electron chi connectivity index (χ0n) is 19.7. The van der Waals surface area contributed by atoms with E-state index in [-0.39, 0.29) is 17.6 Å². The Bertz CT molecular complexity index is 1180. The van der Waals surface area contributed by atoms with E-state index in [2.05, 4.69) is 18.7 Å². The number of allylic oxidation sites excluding steroid dienone is 1. The SMILES string of the molecule is CCC1CN(CCOc2ccc([C@@H]3Oc4cc(O)ccc4C(C)=C3c3ccc(O)cc3)cc2)C1. The molecule has 3 aromatic rings. The van der Waals surface area contributed by atoms with E-state index in [4.69, 9.17) is 9.47 Å². The Labute approximate surface area is 200 Å². The average Bonchev–Trinajstić information content (AvgIpc) is 2.81. The number of ether oxygens (including phenoxy) is 2. The zero-order valence-corrected chi connectivity index (χ0v) is 19.7. The molecule has 5 heteroatoms. The summed E-state index contributed by atoms with van der Waals surface area (Å²) >= 11 is 0. The third-order valence-corrected chi connectivity index (χ3v) is 6.93. The van der Waals surface area contributed by atoms with E-state index in [1.165, 1.54) is 19.5 Å². The number of likely N-dealkylation sites (tertiary alicyclic amines) is 1. The van der Waals surface area contributed by atoms with Gasteiger partial charge in [-0.15, -0.1) is 0 Å². The Balaban J connectivity index is 1.37. The van der Waals surface area contributed by atoms with E-state index < -0.39 is 0 Å². The molecule has 0 bridgehead atoms. The Morgan fingerprint density at radius 2 is 1.65 bits per heavy atom. The Morgan fingerprint density at radius 1 is 0.941 bits per heavy atom. The second kappa shape index (κ2) is 9.43. The van der Waals surface area contributed by atoms with Gasteiger partial charge in [0.05, 0.1) is 0 Å². The number of aromatic hydroxyl groups is 2. The Morgan fingerprint density at radius 3 is 2.35 bits per heavy atom. The summed E-state index contributed by atoms with van der Waals surface area (Å²) in [6, 6.07) is 20.5. The predicted octanol–water partition coefficient (Wildman–Crippen LogP) is 5.88. The maximum Gasteiger partial charge on any atom is 0.150 e. The summed E-state index contributed by atoms with van der Waals surface area (Å²) in [4.78, 5) is 2.43. The smallest absolute Gasteiger partial charge is 0.150 e. The van der Waals surface area contributed by atoms with Gasteiger partial charge in [-0.1, -0.05) is 37.6 Å². The summed E-state index contributed by atoms with van der Waals surface area (Å²) in [6.07, 6.45) is 0.909. The van der Waals surface area contributed by atoms with Crippen molar-refractivity contribution in [3.63, 3.8) is 0 Å². The summed E-state index contributed by atoms with van der Waals surface area (Å²) in [5.41, 5.74) is 5.05. The first-order valence-electron chi connectivity index (χ1n) is 12.0. The third kappa shape index (κ3) is 4.48. The lowest BCUT2D eigenvalue weighted by Gasteiger charge is -2.38. The van der Waals surface area contributed by atoms with Gasteiger partial charge < -0.3 is 19.7 Å². The predicted molar refractivity (Wildman–Crippen MR) is 134 cm³/mol. The van der Waals surface area contributed by atoms with Gasteiger partial charge in [0.2, 0.25) is 0 Å². The molecule has 2 N–H and O–H groups in total. The molecule has 176 valence electrons. The fourth-order valence-electron chi connectivity index (χ4n) is 4.84. The van der Waals surface area contributed by atoms with Crippen LogP contribution in [0.3, 0.4) is 0 Å². The van der Waals surface area contributed by atoms with Gasteiger partial charge in [0.1, 0.15) is 35.7 Å². The fraction of sp³-hybridized carbons (Fsp3) is 0.310. The van der Waals surface area contributed by atoms with Crippen molar-refractivity contribution in [2.24, 2.45) is 5.92 Å². The number of nitrogens with zero attached hydrogens (tertiary/aromatic N) is 1. The summed E-state index contributed by atoms with van der Waals surface area (Å²) in [5, 5.41) is 19.8. The second-order valence-corrected chi connectivity index (χ2v) is 9.22. The molecule has 1 saturated heterocycles. The van der Waals surface area contributed by atoms with Crippen LogP contribution in [-0.4, -0.2) is 41.4 Å². The topological polar surface area (TPSA) is 62.2 Å². The van der Waals surface area contributed by atoms with Gasteiger partial charge in [-0.05, 0) is 65.9 Å². The van der Waals surface area contributed by atoms with Crippen LogP contribution in [0.1, 0.15) is 43.1 Å². The van der Waals surface area contributed by atoms with Crippen LogP contribution in [-0.2, 0) is 0 Å². The molecule has 1 fully saturated rings. The normalized spacial score (nSPS) is 18.2. The van der Waals surface area contributed by atoms with Gasteiger partial charge in [-0.25, -0.2) is 0 Å². The molecule has 0 aliphatic carbocycles. The number of fused-ring (bicyclic) bond motifs is 1. The number of benzene rings is 3. The van der Waals surface area contributed by atoms with Gasteiger partial charge in [0.15, 0.2) is 0 Å². The van der Waals surface area contributed by atoms with E-state index in [0.717, 1.165) is 46.0 Å². The van der Waals surface area contributed by atoms with E-state index >= 15 is 0 Å². The molecular weight excluding hydrogens is 426 g/mol. The molecule has 0 saturated carbocycles. The van der Waals surface area contributed by atoms with Crippen LogP contribution in [0.2, 0.25) is 0 Å². The first kappa shape index (κ1) is 22.4. The third-order valence-electron chi connectivity index (χ3n) is 6.93. The van der Waals surface area contributed by atoms with Crippen LogP contribution < -0.4 is 9.47 Å². The summed E-state index contributed by atoms with van der Waals surface area (Å²) in [7, 11) is 0. The molecule has 0 radical (unpaired) electrons. The van der Waals surface area contributed by atoms with Gasteiger partial charge in [0.25, 0.3) is 0 Å². The van der Waals surface area contributed by atoms with Crippen LogP contribution in [0.5, 0.6) is 23.0 Å². The standard InChI is InChI=1S/C29H31NO4/c1-3-20-17-30(18-20)14-15-33-25-11-6-22(7-12-25)29-28(21-4-8-23(31)9-5-21)19(2)26-13-10-24(32)16-27(26)34-29/h4-13,16,20,29,31-32H,3,14-15,17-18H2,1-2H3/t29-/m0/s1. The zero-order chi connectivity index (χ0) is 23.7. The number of rotatable bonds is 7. The van der Waals surface area contributed by atoms with E-state index in [9.17, 15) is 10.2 Å². The minimum Gasteiger partial charge on any atom is -0.508 e. The lowest BCUT2D eigenvalue weighted by atomic mass is 9.86. The van der Waals surface area contributed by atoms with Crippen molar-refractivity contribution in [3.05, 3.63) is 83.4 Å². The van der Waals surface area contributed by atoms with E-state index in [0.29, 0.717) is 12.4 Å². The fourth-order valence-corrected chi connectivity index (χ4v) is 4.84. The number of hydrogen-bond acceptors (Lipinski definition) is 5. The maximum atomic E-state index is 10.0. The summed E-state index contributed by atoms with van der Waals surface area (Å²) in [5.74, 6) is 2.75. The van der Waals surface area contributed by atoms with Crippen LogP contribution in [0, 0.1) is 5.92 Å². The summed E-state index contributed by atoms with van der Waals surface area (Å²) in [6.45, 7) is 8.32. The Kier molecular flexibility index (Phi) is 6.20. The van der Waals surface area contributed by atoms with Crippen molar-refractivity contribution in [1.29, 1.82) is 0 Å². The van der Waals surface area contributed by atoms with Crippen LogP contribution in [0.25, 0.3) is 11.1 Å². The maximum absolute atomic E-state index is 10.0. The minimum atomic E-state index is -0.347. The highest BCUT2D eigenvalue weighted by Crippen LogP contribution is 2.47. The van der Waals surface area contributed by atoms with Crippen molar-refractivity contribution in [2.45, 2.75) is 26.4 Å². The highest BCUT2D eigenvalue weighted by atomic mass is 16.5. The van der Waals surface area contributed by atoms with Crippen molar-refractivity contribution in [3.8, 4) is 23.0 Å². The van der Waals surface area contributed by atoms with Crippen LogP contribution >= 0.6 is 0 Å². The molecule has 0 amide bonds. The first-order valence-corrected chi connectivity index (χ1v) is 12.0. The molecule has 2 heterocycles. The largest absolute Gasteiger partial charge is 0.508 e. The highest BCUT2D eigenvalue weighted by Gasteiger charge is 2.29. The van der Waals surface area contributed by atoms with Gasteiger partial charge in [-0.2, -0.15) is 0 Å². The molecule has 1 atom stereocenters. The Hall–Kier alpha value is -3.44. The lowest BCUT2D eigenvalue weighted by Crippen LogP contribution is -2.47. The number of phenolic OH excluding ortho intramolecular Hbond substituents is 2. The van der Waals surface area contributed by atoms with Crippen LogP contribution in [0.4, 0.5) is 0 Å². The number of phenols is 2. The second-order valence-electron chi connectivity index (χ2n) is 9.22. The van der Waals surface area contributed by atoms with Crippen molar-refractivity contribution >= 4 is 11.1 Å². The summed E-state index contributed by atoms with van der Waals surface area (Å²) < 4.78 is 12.4. The van der Waals surface area contributed by atoms with Gasteiger partial charge in [-0.3, -0.25) is 4.90 Å². The minimum absolute atomic E-state index is 0.176. The first-order chi connectivity index (χ1) is 16.5. The lowest BCUT2D eigenvalue weighted by molar-refractivity contribution is 0.0806. The molecular formula is C29H31NO4. The van der Waals surface area contributed by atoms with E-state index in [1.807, 2.05) is 42.5 Å². The van der Waals surface area contributed by atoms with E-state index in [1.54, 1.807) is 24.3 Å². The molecule has 3 aromatic carbocycles. The highest BCUT2D eigenvalue weighted by molar-refractivity contribution is 5.95. The molecule has 5 nitrogen and oxygen atoms in total. The van der Waals surface area contributed by atoms with Crippen molar-refractivity contribution in [2.75, 3.05) is 26.2 Å². The molecule has 34 heavy (non-hydrogen) atoms. The van der Waals surface area contributed by atoms with Crippen molar-refractivity contribution < 1.29 is 19.7 Å². The molecule has 2 aliphatic heterocycles. The van der Waals surface area contributed by atoms with Crippen molar-refractivity contribution in [1.82, 2.24) is 4.90 Å². The number of hydrogen-bond donors (Lipinski definition) is 2. The molecule has 0 aromatic heterocycles. The van der Waals surface area contributed by atoms with Crippen LogP contribution in [0.15, 0.2) is 66.7 Å². The molecule has 0 spiro atoms. The molecule has 0 unspecified atom stereocenters. The quantitative estimate of drug-likeness (QED) is 0.464. The average molecular weight is 458 g/mol. The van der Waals surface area contributed by atoms with Gasteiger partial charge in [0, 0.05) is 36.8 Å². The molecule has 5 rings (SSSR count).